The number of nitrogens with zero attached hydrogens (tertiary/aromatic N) is 5. The van der Waals surface area contributed by atoms with Gasteiger partial charge in [0.1, 0.15) is 5.82 Å². The maximum atomic E-state index is 13.1. The highest BCUT2D eigenvalue weighted by Crippen LogP contribution is 2.31. The lowest BCUT2D eigenvalue weighted by Crippen LogP contribution is -2.53. The molecule has 1 atom stereocenters. The molecule has 8 nitrogen and oxygen atoms in total. The standard InChI is InChI=1S/C21H24F3N5O3S/c22-21(23,24)17-4-1-5-18(13-17)33(31,32)29-11-9-27(10-12-29)20(30)16-3-2-8-28(15-16)19-14-25-6-7-26-19/h1,4-7,13-14,16H,2-3,8-12,15H2. The number of carbonyl (C=O) groups excluding carboxylic acids is 1. The second-order valence-electron chi connectivity index (χ2n) is 8.10. The number of alkyl halides is 3. The molecule has 3 heterocycles. The van der Waals surface area contributed by atoms with Gasteiger partial charge in [-0.05, 0) is 31.0 Å². The van der Waals surface area contributed by atoms with Crippen molar-refractivity contribution in [1.29, 1.82) is 0 Å². The molecular formula is C21H24F3N5O3S. The number of anilines is 1. The minimum atomic E-state index is -4.63. The fourth-order valence-electron chi connectivity index (χ4n) is 4.23. The number of amides is 1. The normalized spacial score (nSPS) is 20.6. The van der Waals surface area contributed by atoms with Crippen molar-refractivity contribution in [3.63, 3.8) is 0 Å². The lowest BCUT2D eigenvalue weighted by molar-refractivity contribution is -0.138. The molecule has 4 rings (SSSR count). The van der Waals surface area contributed by atoms with Crippen LogP contribution in [0.4, 0.5) is 19.0 Å². The number of hydrogen-bond donors (Lipinski definition) is 0. The predicted molar refractivity (Wildman–Crippen MR) is 114 cm³/mol. The van der Waals surface area contributed by atoms with Crippen molar-refractivity contribution in [1.82, 2.24) is 19.2 Å². The Bertz CT molecular complexity index is 1090. The Morgan fingerprint density at radius 2 is 1.82 bits per heavy atom. The summed E-state index contributed by atoms with van der Waals surface area (Å²) in [5.74, 6) is 0.444. The van der Waals surface area contributed by atoms with Crippen molar-refractivity contribution < 1.29 is 26.4 Å². The molecular weight excluding hydrogens is 459 g/mol. The van der Waals surface area contributed by atoms with Gasteiger partial charge in [-0.2, -0.15) is 17.5 Å². The summed E-state index contributed by atoms with van der Waals surface area (Å²) >= 11 is 0. The van der Waals surface area contributed by atoms with E-state index in [1.54, 1.807) is 23.5 Å². The van der Waals surface area contributed by atoms with Crippen molar-refractivity contribution in [2.24, 2.45) is 5.92 Å². The number of halogens is 3. The summed E-state index contributed by atoms with van der Waals surface area (Å²) in [5, 5.41) is 0. The largest absolute Gasteiger partial charge is 0.416 e. The number of rotatable bonds is 4. The molecule has 0 aliphatic carbocycles. The number of piperazine rings is 1. The molecule has 0 radical (unpaired) electrons. The number of carbonyl (C=O) groups is 1. The van der Waals surface area contributed by atoms with Crippen molar-refractivity contribution in [2.75, 3.05) is 44.2 Å². The summed E-state index contributed by atoms with van der Waals surface area (Å²) in [7, 11) is -4.09. The Hall–Kier alpha value is -2.73. The summed E-state index contributed by atoms with van der Waals surface area (Å²) in [4.78, 5) is 24.7. The molecule has 2 fully saturated rings. The maximum absolute atomic E-state index is 13.1. The third kappa shape index (κ3) is 5.11. The van der Waals surface area contributed by atoms with E-state index in [4.69, 9.17) is 0 Å². The van der Waals surface area contributed by atoms with Gasteiger partial charge in [0.15, 0.2) is 0 Å². The van der Waals surface area contributed by atoms with E-state index in [1.807, 2.05) is 4.90 Å². The van der Waals surface area contributed by atoms with E-state index >= 15 is 0 Å². The second kappa shape index (κ2) is 9.26. The van der Waals surface area contributed by atoms with Gasteiger partial charge in [-0.25, -0.2) is 13.4 Å². The molecule has 0 spiro atoms. The van der Waals surface area contributed by atoms with Gasteiger partial charge in [0.25, 0.3) is 0 Å². The summed E-state index contributed by atoms with van der Waals surface area (Å²) in [5.41, 5.74) is -1.01. The van der Waals surface area contributed by atoms with Crippen LogP contribution >= 0.6 is 0 Å². The zero-order chi connectivity index (χ0) is 23.6. The molecule has 12 heteroatoms. The summed E-state index contributed by atoms with van der Waals surface area (Å²) in [6, 6.07) is 3.73. The van der Waals surface area contributed by atoms with Gasteiger partial charge >= 0.3 is 6.18 Å². The van der Waals surface area contributed by atoms with Gasteiger partial charge in [0.05, 0.1) is 22.6 Å². The number of aromatic nitrogens is 2. The average Bonchev–Trinajstić information content (AvgIpc) is 2.84. The lowest BCUT2D eigenvalue weighted by Gasteiger charge is -2.38. The lowest BCUT2D eigenvalue weighted by atomic mass is 9.96. The zero-order valence-corrected chi connectivity index (χ0v) is 18.6. The molecule has 0 saturated carbocycles. The van der Waals surface area contributed by atoms with E-state index in [0.717, 1.165) is 41.9 Å². The fraction of sp³-hybridized carbons (Fsp3) is 0.476. The molecule has 2 saturated heterocycles. The quantitative estimate of drug-likeness (QED) is 0.663. The Balaban J connectivity index is 1.39. The average molecular weight is 484 g/mol. The Labute approximate surface area is 190 Å². The molecule has 2 aromatic rings. The molecule has 1 unspecified atom stereocenters. The second-order valence-corrected chi connectivity index (χ2v) is 10.0. The van der Waals surface area contributed by atoms with Crippen LogP contribution < -0.4 is 4.90 Å². The van der Waals surface area contributed by atoms with Crippen molar-refractivity contribution >= 4 is 21.7 Å². The summed E-state index contributed by atoms with van der Waals surface area (Å²) < 4.78 is 65.9. The van der Waals surface area contributed by atoms with Crippen molar-refractivity contribution in [3.05, 3.63) is 48.4 Å². The first kappa shape index (κ1) is 23.4. The molecule has 2 aliphatic heterocycles. The van der Waals surface area contributed by atoms with Crippen LogP contribution in [0.25, 0.3) is 0 Å². The molecule has 33 heavy (non-hydrogen) atoms. The van der Waals surface area contributed by atoms with Gasteiger partial charge in [-0.15, -0.1) is 0 Å². The maximum Gasteiger partial charge on any atom is 0.416 e. The molecule has 0 bridgehead atoms. The van der Waals surface area contributed by atoms with Crippen LogP contribution in [-0.2, 0) is 21.0 Å². The van der Waals surface area contributed by atoms with Gasteiger partial charge < -0.3 is 9.80 Å². The molecule has 1 aromatic heterocycles. The van der Waals surface area contributed by atoms with E-state index in [9.17, 15) is 26.4 Å². The van der Waals surface area contributed by atoms with Crippen LogP contribution in [0.5, 0.6) is 0 Å². The Morgan fingerprint density at radius 3 is 2.48 bits per heavy atom. The summed E-state index contributed by atoms with van der Waals surface area (Å²) in [6.07, 6.45) is 1.78. The first-order valence-corrected chi connectivity index (χ1v) is 12.1. The van der Waals surface area contributed by atoms with Gasteiger partial charge in [0, 0.05) is 51.7 Å². The van der Waals surface area contributed by atoms with Gasteiger partial charge in [0.2, 0.25) is 15.9 Å². The number of sulfonamides is 1. The molecule has 1 aromatic carbocycles. The molecule has 0 N–H and O–H groups in total. The highest BCUT2D eigenvalue weighted by molar-refractivity contribution is 7.89. The number of benzene rings is 1. The monoisotopic (exact) mass is 483 g/mol. The van der Waals surface area contributed by atoms with Gasteiger partial charge in [-0.1, -0.05) is 6.07 Å². The van der Waals surface area contributed by atoms with Crippen LogP contribution in [0.2, 0.25) is 0 Å². The van der Waals surface area contributed by atoms with E-state index in [1.165, 1.54) is 0 Å². The summed E-state index contributed by atoms with van der Waals surface area (Å²) in [6.45, 7) is 1.75. The van der Waals surface area contributed by atoms with Gasteiger partial charge in [-0.3, -0.25) is 9.78 Å². The minimum Gasteiger partial charge on any atom is -0.355 e. The highest BCUT2D eigenvalue weighted by atomic mass is 32.2. The first-order valence-electron chi connectivity index (χ1n) is 10.6. The number of hydrogen-bond acceptors (Lipinski definition) is 6. The third-order valence-electron chi connectivity index (χ3n) is 5.99. The topological polar surface area (TPSA) is 86.7 Å². The van der Waals surface area contributed by atoms with Crippen LogP contribution in [0.3, 0.4) is 0 Å². The smallest absolute Gasteiger partial charge is 0.355 e. The van der Waals surface area contributed by atoms with E-state index in [-0.39, 0.29) is 38.0 Å². The van der Waals surface area contributed by atoms with Crippen LogP contribution in [-0.4, -0.2) is 72.8 Å². The minimum absolute atomic E-state index is 0.0327. The van der Waals surface area contributed by atoms with E-state index < -0.39 is 26.7 Å². The van der Waals surface area contributed by atoms with Crippen molar-refractivity contribution in [2.45, 2.75) is 23.9 Å². The zero-order valence-electron chi connectivity index (χ0n) is 17.8. The molecule has 178 valence electrons. The van der Waals surface area contributed by atoms with Crippen molar-refractivity contribution in [3.8, 4) is 0 Å². The number of piperidine rings is 1. The van der Waals surface area contributed by atoms with Crippen LogP contribution in [0.1, 0.15) is 18.4 Å². The van der Waals surface area contributed by atoms with Crippen LogP contribution in [0, 0.1) is 5.92 Å². The fourth-order valence-corrected chi connectivity index (χ4v) is 5.70. The predicted octanol–water partition coefficient (Wildman–Crippen LogP) is 2.24. The van der Waals surface area contributed by atoms with Crippen LogP contribution in [0.15, 0.2) is 47.8 Å². The molecule has 2 aliphatic rings. The molecule has 1 amide bonds. The Kier molecular flexibility index (Phi) is 6.57. The first-order chi connectivity index (χ1) is 15.7. The highest BCUT2D eigenvalue weighted by Gasteiger charge is 2.36. The Morgan fingerprint density at radius 1 is 1.06 bits per heavy atom. The third-order valence-corrected chi connectivity index (χ3v) is 7.89. The van der Waals surface area contributed by atoms with E-state index in [2.05, 4.69) is 9.97 Å². The SMILES string of the molecule is O=C(C1CCCN(c2cnccn2)C1)N1CCN(S(=O)(=O)c2cccc(C(F)(F)F)c2)CC1. The van der Waals surface area contributed by atoms with E-state index in [0.29, 0.717) is 18.4 Å².